The molecule has 1 fully saturated rings. The van der Waals surface area contributed by atoms with Gasteiger partial charge in [0.15, 0.2) is 5.16 Å². The molecule has 144 valence electrons. The average Bonchev–Trinajstić information content (AvgIpc) is 3.44. The highest BCUT2D eigenvalue weighted by Crippen LogP contribution is 2.41. The molecule has 1 aliphatic carbocycles. The minimum absolute atomic E-state index is 0.0450. The van der Waals surface area contributed by atoms with Gasteiger partial charge in [-0.1, -0.05) is 48.2 Å². The summed E-state index contributed by atoms with van der Waals surface area (Å²) in [7, 11) is 0. The van der Waals surface area contributed by atoms with Crippen LogP contribution in [0.2, 0.25) is 0 Å². The second-order valence-electron chi connectivity index (χ2n) is 6.82. The summed E-state index contributed by atoms with van der Waals surface area (Å²) < 4.78 is 1.58. The Kier molecular flexibility index (Phi) is 5.64. The Labute approximate surface area is 171 Å². The molecule has 1 aliphatic rings. The van der Waals surface area contributed by atoms with Crippen molar-refractivity contribution in [2.45, 2.75) is 30.6 Å². The molecule has 0 radical (unpaired) electrons. The number of aromatic nitrogens is 2. The summed E-state index contributed by atoms with van der Waals surface area (Å²) in [5, 5.41) is 6.19. The van der Waals surface area contributed by atoms with Gasteiger partial charge in [-0.2, -0.15) is 0 Å². The average molecular weight is 412 g/mol. The Bertz CT molecular complexity index is 1050. The SMILES string of the molecule is C=CCn1c(SCC(=O)NC(c2ccccc2)C2CC2)nc2sccc2c1=O. The van der Waals surface area contributed by atoms with Gasteiger partial charge in [-0.15, -0.1) is 17.9 Å². The predicted octanol–water partition coefficient (Wildman–Crippen LogP) is 4.00. The van der Waals surface area contributed by atoms with E-state index in [1.807, 2.05) is 23.6 Å². The van der Waals surface area contributed by atoms with Gasteiger partial charge in [-0.3, -0.25) is 14.2 Å². The molecule has 0 saturated heterocycles. The van der Waals surface area contributed by atoms with Crippen LogP contribution in [0.4, 0.5) is 0 Å². The number of allylic oxidation sites excluding steroid dienone is 1. The topological polar surface area (TPSA) is 64.0 Å². The number of carbonyl (C=O) groups excluding carboxylic acids is 1. The number of thioether (sulfide) groups is 1. The second kappa shape index (κ2) is 8.32. The summed E-state index contributed by atoms with van der Waals surface area (Å²) in [6.45, 7) is 4.10. The Hall–Kier alpha value is -2.38. The zero-order chi connectivity index (χ0) is 19.5. The maximum atomic E-state index is 12.7. The number of hydrogen-bond donors (Lipinski definition) is 1. The van der Waals surface area contributed by atoms with Crippen molar-refractivity contribution >= 4 is 39.2 Å². The molecule has 0 bridgehead atoms. The van der Waals surface area contributed by atoms with E-state index >= 15 is 0 Å². The van der Waals surface area contributed by atoms with Gasteiger partial charge in [-0.25, -0.2) is 4.98 Å². The molecule has 4 rings (SSSR count). The van der Waals surface area contributed by atoms with Crippen molar-refractivity contribution in [1.29, 1.82) is 0 Å². The molecule has 1 aromatic carbocycles. The molecule has 1 atom stereocenters. The third-order valence-electron chi connectivity index (χ3n) is 4.76. The Morgan fingerprint density at radius 2 is 2.14 bits per heavy atom. The van der Waals surface area contributed by atoms with Crippen LogP contribution in [0.15, 0.2) is 64.4 Å². The van der Waals surface area contributed by atoms with E-state index in [2.05, 4.69) is 29.0 Å². The van der Waals surface area contributed by atoms with Gasteiger partial charge in [0.2, 0.25) is 5.91 Å². The predicted molar refractivity (Wildman–Crippen MR) is 115 cm³/mol. The van der Waals surface area contributed by atoms with Crippen LogP contribution in [0.3, 0.4) is 0 Å². The fourth-order valence-electron chi connectivity index (χ4n) is 3.24. The first kappa shape index (κ1) is 19.0. The maximum absolute atomic E-state index is 12.7. The highest BCUT2D eigenvalue weighted by molar-refractivity contribution is 7.99. The van der Waals surface area contributed by atoms with Crippen molar-refractivity contribution < 1.29 is 4.79 Å². The third-order valence-corrected chi connectivity index (χ3v) is 6.54. The zero-order valence-corrected chi connectivity index (χ0v) is 17.0. The van der Waals surface area contributed by atoms with Crippen molar-refractivity contribution in [1.82, 2.24) is 14.9 Å². The lowest BCUT2D eigenvalue weighted by molar-refractivity contribution is -0.119. The minimum atomic E-state index is -0.0887. The molecule has 2 heterocycles. The highest BCUT2D eigenvalue weighted by Gasteiger charge is 2.33. The number of nitrogens with one attached hydrogen (secondary N) is 1. The van der Waals surface area contributed by atoms with E-state index in [0.717, 1.165) is 18.4 Å². The number of amides is 1. The van der Waals surface area contributed by atoms with Gasteiger partial charge in [0.25, 0.3) is 5.56 Å². The van der Waals surface area contributed by atoms with Gasteiger partial charge in [-0.05, 0) is 35.8 Å². The van der Waals surface area contributed by atoms with E-state index in [4.69, 9.17) is 0 Å². The molecule has 1 N–H and O–H groups in total. The summed E-state index contributed by atoms with van der Waals surface area (Å²) in [6.07, 6.45) is 3.95. The van der Waals surface area contributed by atoms with Crippen LogP contribution in [0.5, 0.6) is 0 Å². The third kappa shape index (κ3) is 4.05. The number of thiophene rings is 1. The number of hydrogen-bond acceptors (Lipinski definition) is 5. The number of rotatable bonds is 8. The van der Waals surface area contributed by atoms with E-state index in [1.165, 1.54) is 23.1 Å². The first-order chi connectivity index (χ1) is 13.7. The zero-order valence-electron chi connectivity index (χ0n) is 15.3. The molecular weight excluding hydrogens is 390 g/mol. The van der Waals surface area contributed by atoms with Crippen molar-refractivity contribution in [3.8, 4) is 0 Å². The van der Waals surface area contributed by atoms with Crippen molar-refractivity contribution in [3.63, 3.8) is 0 Å². The first-order valence-electron chi connectivity index (χ1n) is 9.23. The molecule has 3 aromatic rings. The molecule has 28 heavy (non-hydrogen) atoms. The summed E-state index contributed by atoms with van der Waals surface area (Å²) in [5.41, 5.74) is 1.05. The molecule has 7 heteroatoms. The smallest absolute Gasteiger partial charge is 0.263 e. The molecular formula is C21H21N3O2S2. The largest absolute Gasteiger partial charge is 0.348 e. The van der Waals surface area contributed by atoms with E-state index in [0.29, 0.717) is 27.8 Å². The van der Waals surface area contributed by atoms with Gasteiger partial charge in [0.1, 0.15) is 4.83 Å². The molecule has 0 spiro atoms. The van der Waals surface area contributed by atoms with Crippen LogP contribution < -0.4 is 10.9 Å². The minimum Gasteiger partial charge on any atom is -0.348 e. The Morgan fingerprint density at radius 1 is 1.36 bits per heavy atom. The number of fused-ring (bicyclic) bond motifs is 1. The quantitative estimate of drug-likeness (QED) is 0.346. The van der Waals surface area contributed by atoms with Crippen LogP contribution in [0.25, 0.3) is 10.2 Å². The van der Waals surface area contributed by atoms with Crippen LogP contribution >= 0.6 is 23.1 Å². The highest BCUT2D eigenvalue weighted by atomic mass is 32.2. The fraction of sp³-hybridized carbons (Fsp3) is 0.286. The van der Waals surface area contributed by atoms with E-state index in [9.17, 15) is 9.59 Å². The number of benzene rings is 1. The van der Waals surface area contributed by atoms with Crippen molar-refractivity contribution in [2.24, 2.45) is 5.92 Å². The maximum Gasteiger partial charge on any atom is 0.263 e. The van der Waals surface area contributed by atoms with E-state index in [1.54, 1.807) is 16.7 Å². The molecule has 1 saturated carbocycles. The number of nitrogens with zero attached hydrogens (tertiary/aromatic N) is 2. The van der Waals surface area contributed by atoms with Gasteiger partial charge in [0.05, 0.1) is 17.2 Å². The summed E-state index contributed by atoms with van der Waals surface area (Å²) in [6, 6.07) is 11.9. The first-order valence-corrected chi connectivity index (χ1v) is 11.1. The lowest BCUT2D eigenvalue weighted by Gasteiger charge is -2.19. The molecule has 1 unspecified atom stereocenters. The van der Waals surface area contributed by atoms with E-state index in [-0.39, 0.29) is 23.3 Å². The lowest BCUT2D eigenvalue weighted by atomic mass is 10.0. The summed E-state index contributed by atoms with van der Waals surface area (Å²) in [4.78, 5) is 30.6. The van der Waals surface area contributed by atoms with Crippen LogP contribution in [0, 0.1) is 5.92 Å². The molecule has 1 amide bonds. The van der Waals surface area contributed by atoms with Crippen LogP contribution in [-0.2, 0) is 11.3 Å². The molecule has 2 aromatic heterocycles. The van der Waals surface area contributed by atoms with E-state index < -0.39 is 0 Å². The van der Waals surface area contributed by atoms with Crippen LogP contribution in [-0.4, -0.2) is 21.2 Å². The lowest BCUT2D eigenvalue weighted by Crippen LogP contribution is -2.31. The van der Waals surface area contributed by atoms with Gasteiger partial charge >= 0.3 is 0 Å². The van der Waals surface area contributed by atoms with Crippen molar-refractivity contribution in [3.05, 3.63) is 70.4 Å². The van der Waals surface area contributed by atoms with Gasteiger partial charge < -0.3 is 5.32 Å². The summed E-state index contributed by atoms with van der Waals surface area (Å²) >= 11 is 2.73. The van der Waals surface area contributed by atoms with Gasteiger partial charge in [0, 0.05) is 6.54 Å². The molecule has 5 nitrogen and oxygen atoms in total. The number of carbonyl (C=O) groups is 1. The summed E-state index contributed by atoms with van der Waals surface area (Å²) in [5.74, 6) is 0.684. The Morgan fingerprint density at radius 3 is 2.86 bits per heavy atom. The Balaban J connectivity index is 1.49. The second-order valence-corrected chi connectivity index (χ2v) is 8.66. The standard InChI is InChI=1S/C21H21N3O2S2/c1-2-11-24-20(26)16-10-12-27-19(16)23-21(24)28-13-17(25)22-18(15-8-9-15)14-6-4-3-5-7-14/h2-7,10,12,15,18H,1,8-9,11,13H2,(H,22,25). The molecule has 0 aliphatic heterocycles. The fourth-order valence-corrected chi connectivity index (χ4v) is 4.86. The van der Waals surface area contributed by atoms with Crippen LogP contribution in [0.1, 0.15) is 24.4 Å². The van der Waals surface area contributed by atoms with Crippen molar-refractivity contribution in [2.75, 3.05) is 5.75 Å². The monoisotopic (exact) mass is 411 g/mol. The normalized spacial score (nSPS) is 14.7.